The molecule has 6 heteroatoms. The van der Waals surface area contributed by atoms with Crippen molar-refractivity contribution >= 4 is 26.4 Å². The number of para-hydroxylation sites is 1. The van der Waals surface area contributed by atoms with E-state index >= 15 is 0 Å². The van der Waals surface area contributed by atoms with Crippen LogP contribution in [-0.2, 0) is 14.7 Å². The van der Waals surface area contributed by atoms with E-state index in [9.17, 15) is 8.42 Å². The summed E-state index contributed by atoms with van der Waals surface area (Å²) < 4.78 is 24.0. The Bertz CT molecular complexity index is 846. The van der Waals surface area contributed by atoms with Crippen LogP contribution in [0.2, 0.25) is 0 Å². The van der Waals surface area contributed by atoms with Crippen LogP contribution in [0.1, 0.15) is 5.56 Å². The van der Waals surface area contributed by atoms with E-state index in [0.717, 1.165) is 16.5 Å². The van der Waals surface area contributed by atoms with E-state index < -0.39 is 15.9 Å². The fourth-order valence-corrected chi connectivity index (χ4v) is 3.90. The van der Waals surface area contributed by atoms with Crippen LogP contribution in [0.3, 0.4) is 0 Å². The number of aromatic amines is 1. The van der Waals surface area contributed by atoms with Crippen molar-refractivity contribution in [3.63, 3.8) is 0 Å². The number of nitrogens with one attached hydrogen (secondary N) is 2. The number of sulfone groups is 1. The maximum absolute atomic E-state index is 12.0. The van der Waals surface area contributed by atoms with Crippen LogP contribution >= 0.6 is 0 Å². The number of benzene rings is 1. The van der Waals surface area contributed by atoms with Gasteiger partial charge in [0.2, 0.25) is 9.84 Å². The van der Waals surface area contributed by atoms with E-state index in [1.54, 1.807) is 12.3 Å². The van der Waals surface area contributed by atoms with E-state index in [2.05, 4.69) is 10.5 Å². The van der Waals surface area contributed by atoms with E-state index in [1.807, 2.05) is 24.3 Å². The molecule has 0 aliphatic carbocycles. The molecule has 1 unspecified atom stereocenters. The predicted molar refractivity (Wildman–Crippen MR) is 71.3 cm³/mol. The van der Waals surface area contributed by atoms with Crippen molar-refractivity contribution in [2.45, 2.75) is 6.10 Å². The molecular formula is C13H10N2O3S. The first-order valence-electron chi connectivity index (χ1n) is 5.82. The van der Waals surface area contributed by atoms with E-state index in [-0.39, 0.29) is 4.91 Å². The Hall–Kier alpha value is -2.05. The highest BCUT2D eigenvalue weighted by Crippen LogP contribution is 2.37. The zero-order valence-electron chi connectivity index (χ0n) is 9.75. The highest BCUT2D eigenvalue weighted by molar-refractivity contribution is 7.98. The molecule has 1 aromatic heterocycles. The summed E-state index contributed by atoms with van der Waals surface area (Å²) in [6.45, 7) is 0. The zero-order valence-corrected chi connectivity index (χ0v) is 10.6. The topological polar surface area (TPSA) is 71.2 Å². The number of hydrogen-bond acceptors (Lipinski definition) is 4. The highest BCUT2D eigenvalue weighted by atomic mass is 32.2. The van der Waals surface area contributed by atoms with Gasteiger partial charge in [-0.05, 0) is 12.1 Å². The summed E-state index contributed by atoms with van der Waals surface area (Å²) in [4.78, 5) is 8.71. The molecular weight excluding hydrogens is 264 g/mol. The predicted octanol–water partition coefficient (Wildman–Crippen LogP) is 1.68. The molecule has 0 bridgehead atoms. The second-order valence-electron chi connectivity index (χ2n) is 4.50. The molecule has 2 aromatic rings. The Labute approximate surface area is 109 Å². The second-order valence-corrected chi connectivity index (χ2v) is 6.30. The van der Waals surface area contributed by atoms with Gasteiger partial charge in [-0.3, -0.25) is 10.3 Å². The maximum Gasteiger partial charge on any atom is 0.200 e. The lowest BCUT2D eigenvalue weighted by molar-refractivity contribution is 0.0777. The highest BCUT2D eigenvalue weighted by Gasteiger charge is 2.39. The Morgan fingerprint density at radius 2 is 2.05 bits per heavy atom. The lowest BCUT2D eigenvalue weighted by Crippen LogP contribution is -2.09. The van der Waals surface area contributed by atoms with Crippen LogP contribution < -0.4 is 5.48 Å². The minimum absolute atomic E-state index is 0.289. The molecule has 0 saturated carbocycles. The van der Waals surface area contributed by atoms with Crippen LogP contribution in [0.15, 0.2) is 46.9 Å². The van der Waals surface area contributed by atoms with Crippen molar-refractivity contribution in [1.29, 1.82) is 0 Å². The average molecular weight is 274 g/mol. The van der Waals surface area contributed by atoms with Gasteiger partial charge in [0, 0.05) is 28.1 Å². The standard InChI is InChI=1S/C13H10N2O3S/c16-19(17)6-5-11-13(19)12(15-18-11)9-7-14-10-4-2-1-3-8(9)10/h1-7,11,14-15H. The lowest BCUT2D eigenvalue weighted by atomic mass is 10.1. The maximum atomic E-state index is 12.0. The van der Waals surface area contributed by atoms with Gasteiger partial charge in [-0.2, -0.15) is 0 Å². The van der Waals surface area contributed by atoms with Crippen LogP contribution in [0.5, 0.6) is 0 Å². The molecule has 1 aromatic carbocycles. The van der Waals surface area contributed by atoms with Crippen molar-refractivity contribution in [3.05, 3.63) is 52.4 Å². The summed E-state index contributed by atoms with van der Waals surface area (Å²) in [7, 11) is -3.37. The quantitative estimate of drug-likeness (QED) is 0.830. The Kier molecular flexibility index (Phi) is 1.99. The minimum Gasteiger partial charge on any atom is -0.360 e. The lowest BCUT2D eigenvalue weighted by Gasteiger charge is -2.02. The Balaban J connectivity index is 2.01. The van der Waals surface area contributed by atoms with Crippen LogP contribution in [-0.4, -0.2) is 19.5 Å². The summed E-state index contributed by atoms with van der Waals surface area (Å²) in [6.07, 6.45) is 2.81. The summed E-state index contributed by atoms with van der Waals surface area (Å²) in [5.74, 6) is 0. The molecule has 0 amide bonds. The van der Waals surface area contributed by atoms with E-state index in [4.69, 9.17) is 4.84 Å². The molecule has 3 heterocycles. The SMILES string of the molecule is O=S1(=O)C=CC2ONC(c3c[nH]c4ccccc34)=C21. The largest absolute Gasteiger partial charge is 0.360 e. The van der Waals surface area contributed by atoms with Crippen LogP contribution in [0.4, 0.5) is 0 Å². The first-order chi connectivity index (χ1) is 9.17. The van der Waals surface area contributed by atoms with Crippen molar-refractivity contribution in [2.75, 3.05) is 0 Å². The van der Waals surface area contributed by atoms with Crippen LogP contribution in [0.25, 0.3) is 16.6 Å². The smallest absolute Gasteiger partial charge is 0.200 e. The molecule has 0 radical (unpaired) electrons. The fraction of sp³-hybridized carbons (Fsp3) is 0.0769. The molecule has 19 heavy (non-hydrogen) atoms. The van der Waals surface area contributed by atoms with Gasteiger partial charge in [0.15, 0.2) is 0 Å². The first-order valence-corrected chi connectivity index (χ1v) is 7.37. The van der Waals surface area contributed by atoms with Gasteiger partial charge in [0.25, 0.3) is 0 Å². The van der Waals surface area contributed by atoms with Crippen molar-refractivity contribution in [2.24, 2.45) is 0 Å². The van der Waals surface area contributed by atoms with Crippen molar-refractivity contribution < 1.29 is 13.3 Å². The normalized spacial score (nSPS) is 23.9. The minimum atomic E-state index is -3.37. The van der Waals surface area contributed by atoms with Gasteiger partial charge in [0.1, 0.15) is 11.0 Å². The molecule has 0 spiro atoms. The van der Waals surface area contributed by atoms with E-state index in [1.165, 1.54) is 5.41 Å². The van der Waals surface area contributed by atoms with Gasteiger partial charge in [0.05, 0.1) is 5.70 Å². The number of hydrogen-bond donors (Lipinski definition) is 2. The molecule has 0 fully saturated rings. The third-order valence-electron chi connectivity index (χ3n) is 3.39. The summed E-state index contributed by atoms with van der Waals surface area (Å²) in [5, 5.41) is 2.16. The number of fused-ring (bicyclic) bond motifs is 2. The summed E-state index contributed by atoms with van der Waals surface area (Å²) in [5.41, 5.74) is 5.02. The van der Waals surface area contributed by atoms with Gasteiger partial charge in [-0.1, -0.05) is 18.2 Å². The third kappa shape index (κ3) is 1.41. The fourth-order valence-electron chi connectivity index (χ4n) is 2.51. The zero-order chi connectivity index (χ0) is 13.0. The Morgan fingerprint density at radius 1 is 1.21 bits per heavy atom. The van der Waals surface area contributed by atoms with Crippen molar-refractivity contribution in [3.8, 4) is 0 Å². The van der Waals surface area contributed by atoms with E-state index in [0.29, 0.717) is 5.70 Å². The number of aromatic nitrogens is 1. The monoisotopic (exact) mass is 274 g/mol. The number of H-pyrrole nitrogens is 1. The molecule has 5 nitrogen and oxygen atoms in total. The second kappa shape index (κ2) is 3.49. The number of rotatable bonds is 1. The van der Waals surface area contributed by atoms with Gasteiger partial charge in [-0.15, -0.1) is 0 Å². The molecule has 2 N–H and O–H groups in total. The Morgan fingerprint density at radius 3 is 2.95 bits per heavy atom. The molecule has 2 aliphatic rings. The molecule has 2 aliphatic heterocycles. The molecule has 0 saturated heterocycles. The summed E-state index contributed by atoms with van der Waals surface area (Å²) >= 11 is 0. The molecule has 96 valence electrons. The first kappa shape index (κ1) is 10.8. The third-order valence-corrected chi connectivity index (χ3v) is 4.96. The molecule has 4 rings (SSSR count). The number of hydroxylamine groups is 1. The van der Waals surface area contributed by atoms with Crippen molar-refractivity contribution in [1.82, 2.24) is 10.5 Å². The van der Waals surface area contributed by atoms with Crippen LogP contribution in [0, 0.1) is 0 Å². The molecule has 1 atom stereocenters. The summed E-state index contributed by atoms with van der Waals surface area (Å²) in [6, 6.07) is 7.73. The van der Waals surface area contributed by atoms with Gasteiger partial charge >= 0.3 is 0 Å². The van der Waals surface area contributed by atoms with Gasteiger partial charge < -0.3 is 4.98 Å². The van der Waals surface area contributed by atoms with Gasteiger partial charge in [-0.25, -0.2) is 8.42 Å². The average Bonchev–Trinajstić information content (AvgIpc) is 3.05.